The van der Waals surface area contributed by atoms with E-state index in [1.54, 1.807) is 7.11 Å². The first-order chi connectivity index (χ1) is 7.44. The molecule has 1 rings (SSSR count). The Morgan fingerprint density at radius 2 is 2.06 bits per heavy atom. The van der Waals surface area contributed by atoms with Crippen molar-refractivity contribution in [1.29, 1.82) is 0 Å². The zero-order chi connectivity index (χ0) is 12.2. The smallest absolute Gasteiger partial charge is 0.223 e. The minimum Gasteiger partial charge on any atom is -0.378 e. The van der Waals surface area contributed by atoms with Crippen molar-refractivity contribution in [2.75, 3.05) is 7.11 Å². The number of methoxy groups -OCH3 is 1. The molecule has 0 heterocycles. The molecule has 2 atom stereocenters. The van der Waals surface area contributed by atoms with Gasteiger partial charge in [-0.2, -0.15) is 0 Å². The molecule has 0 aromatic heterocycles. The lowest BCUT2D eigenvalue weighted by Crippen LogP contribution is -2.50. The molecule has 94 valence electrons. The van der Waals surface area contributed by atoms with Gasteiger partial charge in [0.15, 0.2) is 0 Å². The van der Waals surface area contributed by atoms with Gasteiger partial charge in [0.25, 0.3) is 0 Å². The molecule has 0 saturated heterocycles. The Morgan fingerprint density at radius 1 is 1.44 bits per heavy atom. The number of nitrogens with two attached hydrogens (primary N) is 1. The molecule has 1 aliphatic carbocycles. The zero-order valence-corrected chi connectivity index (χ0v) is 10.6. The van der Waals surface area contributed by atoms with Crippen LogP contribution in [0, 0.1) is 0 Å². The van der Waals surface area contributed by atoms with E-state index in [4.69, 9.17) is 10.5 Å². The van der Waals surface area contributed by atoms with Crippen molar-refractivity contribution in [3.05, 3.63) is 0 Å². The maximum atomic E-state index is 11.8. The van der Waals surface area contributed by atoms with Crippen LogP contribution >= 0.6 is 0 Å². The van der Waals surface area contributed by atoms with E-state index in [0.717, 1.165) is 19.3 Å². The number of rotatable bonds is 4. The highest BCUT2D eigenvalue weighted by Gasteiger charge is 2.26. The fraction of sp³-hybridized carbons (Fsp3) is 0.917. The van der Waals surface area contributed by atoms with Crippen molar-refractivity contribution < 1.29 is 9.53 Å². The predicted molar refractivity (Wildman–Crippen MR) is 64.1 cm³/mol. The Labute approximate surface area is 97.9 Å². The van der Waals surface area contributed by atoms with E-state index in [9.17, 15) is 4.79 Å². The average molecular weight is 228 g/mol. The van der Waals surface area contributed by atoms with Crippen LogP contribution in [-0.2, 0) is 9.53 Å². The van der Waals surface area contributed by atoms with Crippen LogP contribution < -0.4 is 11.1 Å². The highest BCUT2D eigenvalue weighted by Crippen LogP contribution is 2.18. The highest BCUT2D eigenvalue weighted by molar-refractivity contribution is 5.77. The molecular weight excluding hydrogens is 204 g/mol. The number of hydrogen-bond acceptors (Lipinski definition) is 3. The van der Waals surface area contributed by atoms with E-state index in [-0.39, 0.29) is 18.0 Å². The first kappa shape index (κ1) is 13.5. The lowest BCUT2D eigenvalue weighted by Gasteiger charge is -2.30. The van der Waals surface area contributed by atoms with Crippen LogP contribution in [0.5, 0.6) is 0 Å². The molecule has 0 bridgehead atoms. The van der Waals surface area contributed by atoms with Crippen LogP contribution in [0.4, 0.5) is 0 Å². The number of hydrogen-bond donors (Lipinski definition) is 2. The van der Waals surface area contributed by atoms with Crippen molar-refractivity contribution in [1.82, 2.24) is 5.32 Å². The monoisotopic (exact) mass is 228 g/mol. The quantitative estimate of drug-likeness (QED) is 0.759. The third-order valence-corrected chi connectivity index (χ3v) is 3.30. The molecule has 0 spiro atoms. The van der Waals surface area contributed by atoms with Crippen LogP contribution in [0.2, 0.25) is 0 Å². The Balaban J connectivity index is 2.38. The number of nitrogens with one attached hydrogen (secondary N) is 1. The van der Waals surface area contributed by atoms with Crippen LogP contribution in [-0.4, -0.2) is 30.7 Å². The van der Waals surface area contributed by atoms with E-state index < -0.39 is 5.60 Å². The lowest BCUT2D eigenvalue weighted by atomic mass is 9.90. The summed E-state index contributed by atoms with van der Waals surface area (Å²) in [4.78, 5) is 11.8. The summed E-state index contributed by atoms with van der Waals surface area (Å²) in [5, 5.41) is 3.02. The van der Waals surface area contributed by atoms with Gasteiger partial charge in [0.05, 0.1) is 12.0 Å². The molecular formula is C12H24N2O2. The fourth-order valence-electron chi connectivity index (χ4n) is 2.06. The fourth-order valence-corrected chi connectivity index (χ4v) is 2.06. The van der Waals surface area contributed by atoms with E-state index in [0.29, 0.717) is 6.42 Å². The zero-order valence-electron chi connectivity index (χ0n) is 10.6. The number of carbonyl (C=O) groups excluding carboxylic acids is 1. The second kappa shape index (κ2) is 5.64. The van der Waals surface area contributed by atoms with E-state index in [2.05, 4.69) is 5.32 Å². The summed E-state index contributed by atoms with van der Waals surface area (Å²) in [7, 11) is 1.62. The summed E-state index contributed by atoms with van der Waals surface area (Å²) in [6.45, 7) is 3.82. The first-order valence-corrected chi connectivity index (χ1v) is 6.05. The molecule has 3 N–H and O–H groups in total. The summed E-state index contributed by atoms with van der Waals surface area (Å²) >= 11 is 0. The Bertz CT molecular complexity index is 241. The van der Waals surface area contributed by atoms with Crippen molar-refractivity contribution >= 4 is 5.91 Å². The van der Waals surface area contributed by atoms with Crippen molar-refractivity contribution in [2.24, 2.45) is 5.73 Å². The van der Waals surface area contributed by atoms with Gasteiger partial charge in [-0.1, -0.05) is 12.8 Å². The molecule has 2 unspecified atom stereocenters. The van der Waals surface area contributed by atoms with E-state index in [1.807, 2.05) is 13.8 Å². The third-order valence-electron chi connectivity index (χ3n) is 3.30. The predicted octanol–water partition coefficient (Wildman–Crippen LogP) is 1.19. The summed E-state index contributed by atoms with van der Waals surface area (Å²) in [5.41, 5.74) is 5.58. The maximum absolute atomic E-state index is 11.8. The van der Waals surface area contributed by atoms with Gasteiger partial charge in [-0.05, 0) is 26.7 Å². The van der Waals surface area contributed by atoms with Gasteiger partial charge in [-0.3, -0.25) is 4.79 Å². The van der Waals surface area contributed by atoms with Crippen LogP contribution in [0.25, 0.3) is 0 Å². The highest BCUT2D eigenvalue weighted by atomic mass is 16.5. The minimum absolute atomic E-state index is 0.0363. The molecule has 1 fully saturated rings. The third kappa shape index (κ3) is 4.10. The molecule has 0 aromatic rings. The maximum Gasteiger partial charge on any atom is 0.223 e. The second-order valence-electron chi connectivity index (χ2n) is 5.26. The first-order valence-electron chi connectivity index (χ1n) is 6.05. The largest absolute Gasteiger partial charge is 0.378 e. The summed E-state index contributed by atoms with van der Waals surface area (Å²) in [6.07, 6.45) is 4.73. The van der Waals surface area contributed by atoms with Gasteiger partial charge >= 0.3 is 0 Å². The van der Waals surface area contributed by atoms with Gasteiger partial charge < -0.3 is 15.8 Å². The molecule has 4 nitrogen and oxygen atoms in total. The molecule has 1 aliphatic rings. The Morgan fingerprint density at radius 3 is 2.62 bits per heavy atom. The normalized spacial score (nSPS) is 26.5. The molecule has 1 saturated carbocycles. The second-order valence-corrected chi connectivity index (χ2v) is 5.26. The standard InChI is InChI=1S/C12H24N2O2/c1-12(2,16-3)8-11(15)14-10-7-5-4-6-9(10)13/h9-10H,4-8,13H2,1-3H3,(H,14,15). The van der Waals surface area contributed by atoms with E-state index >= 15 is 0 Å². The van der Waals surface area contributed by atoms with Crippen LogP contribution in [0.3, 0.4) is 0 Å². The minimum atomic E-state index is -0.400. The Hall–Kier alpha value is -0.610. The van der Waals surface area contributed by atoms with Gasteiger partial charge in [0.1, 0.15) is 0 Å². The number of ether oxygens (including phenoxy) is 1. The van der Waals surface area contributed by atoms with Crippen LogP contribution in [0.15, 0.2) is 0 Å². The van der Waals surface area contributed by atoms with Crippen molar-refractivity contribution in [3.8, 4) is 0 Å². The molecule has 4 heteroatoms. The average Bonchev–Trinajstić information content (AvgIpc) is 2.21. The Kier molecular flexibility index (Phi) is 4.74. The molecule has 0 aromatic carbocycles. The molecule has 0 radical (unpaired) electrons. The van der Waals surface area contributed by atoms with Gasteiger partial charge in [-0.25, -0.2) is 0 Å². The lowest BCUT2D eigenvalue weighted by molar-refractivity contribution is -0.127. The number of carbonyl (C=O) groups is 1. The van der Waals surface area contributed by atoms with E-state index in [1.165, 1.54) is 6.42 Å². The van der Waals surface area contributed by atoms with Gasteiger partial charge in [-0.15, -0.1) is 0 Å². The SMILES string of the molecule is COC(C)(C)CC(=O)NC1CCCCC1N. The summed E-state index contributed by atoms with van der Waals surface area (Å²) in [5.74, 6) is 0.0363. The van der Waals surface area contributed by atoms with Crippen LogP contribution in [0.1, 0.15) is 46.0 Å². The summed E-state index contributed by atoms with van der Waals surface area (Å²) in [6, 6.07) is 0.261. The topological polar surface area (TPSA) is 64.3 Å². The number of amides is 1. The summed E-state index contributed by atoms with van der Waals surface area (Å²) < 4.78 is 5.23. The van der Waals surface area contributed by atoms with Crippen molar-refractivity contribution in [3.63, 3.8) is 0 Å². The molecule has 1 amide bonds. The van der Waals surface area contributed by atoms with Crippen molar-refractivity contribution in [2.45, 2.75) is 63.6 Å². The molecule has 0 aliphatic heterocycles. The molecule has 16 heavy (non-hydrogen) atoms. The van der Waals surface area contributed by atoms with Gasteiger partial charge in [0.2, 0.25) is 5.91 Å². The van der Waals surface area contributed by atoms with Gasteiger partial charge in [0, 0.05) is 19.2 Å².